The molecule has 1 aliphatic rings. The van der Waals surface area contributed by atoms with E-state index in [1.807, 2.05) is 43.0 Å². The molecule has 7 heteroatoms. The van der Waals surface area contributed by atoms with E-state index in [0.29, 0.717) is 17.1 Å². The molecule has 2 N–H and O–H groups in total. The topological polar surface area (TPSA) is 85.2 Å². The molecule has 0 atom stereocenters. The van der Waals surface area contributed by atoms with E-state index in [0.717, 1.165) is 48.9 Å². The molecule has 0 unspecified atom stereocenters. The van der Waals surface area contributed by atoms with Crippen LogP contribution >= 0.6 is 11.3 Å². The van der Waals surface area contributed by atoms with Crippen LogP contribution < -0.4 is 10.6 Å². The summed E-state index contributed by atoms with van der Waals surface area (Å²) in [5.74, 6) is -0.332. The molecule has 1 aromatic heterocycles. The zero-order valence-corrected chi connectivity index (χ0v) is 19.1. The van der Waals surface area contributed by atoms with Crippen LogP contribution in [0.5, 0.6) is 0 Å². The van der Waals surface area contributed by atoms with Gasteiger partial charge in [0.2, 0.25) is 11.8 Å². The van der Waals surface area contributed by atoms with Gasteiger partial charge in [0.15, 0.2) is 0 Å². The Hall–Kier alpha value is -2.69. The van der Waals surface area contributed by atoms with Gasteiger partial charge in [0.1, 0.15) is 11.1 Å². The molecule has 3 rings (SSSR count). The average molecular weight is 439 g/mol. The van der Waals surface area contributed by atoms with Gasteiger partial charge in [-0.3, -0.25) is 14.5 Å². The molecule has 0 aliphatic heterocycles. The van der Waals surface area contributed by atoms with Crippen molar-refractivity contribution in [2.75, 3.05) is 30.3 Å². The zero-order valence-electron chi connectivity index (χ0n) is 18.3. The van der Waals surface area contributed by atoms with E-state index >= 15 is 0 Å². The highest BCUT2D eigenvalue weighted by atomic mass is 32.1. The van der Waals surface area contributed by atoms with Crippen LogP contribution in [0.3, 0.4) is 0 Å². The van der Waals surface area contributed by atoms with Gasteiger partial charge in [-0.25, -0.2) is 0 Å². The lowest BCUT2D eigenvalue weighted by molar-refractivity contribution is -0.120. The number of nitrogens with one attached hydrogen (secondary N) is 2. The summed E-state index contributed by atoms with van der Waals surface area (Å²) < 4.78 is 0. The third-order valence-corrected chi connectivity index (χ3v) is 6.69. The number of nitrogens with zero attached hydrogens (tertiary/aromatic N) is 2. The first-order chi connectivity index (χ1) is 15.0. The Morgan fingerprint density at radius 2 is 1.81 bits per heavy atom. The minimum atomic E-state index is -0.190. The predicted molar refractivity (Wildman–Crippen MR) is 125 cm³/mol. The molecule has 0 saturated heterocycles. The number of anilines is 2. The van der Waals surface area contributed by atoms with Crippen molar-refractivity contribution in [3.63, 3.8) is 0 Å². The van der Waals surface area contributed by atoms with Gasteiger partial charge < -0.3 is 10.6 Å². The van der Waals surface area contributed by atoms with Gasteiger partial charge in [-0.15, -0.1) is 11.3 Å². The number of thiophene rings is 1. The van der Waals surface area contributed by atoms with Gasteiger partial charge in [-0.2, -0.15) is 5.26 Å². The first kappa shape index (κ1) is 23.0. The largest absolute Gasteiger partial charge is 0.325 e. The molecule has 1 aromatic carbocycles. The summed E-state index contributed by atoms with van der Waals surface area (Å²) in [5.41, 5.74) is 3.52. The number of hydrogen-bond donors (Lipinski definition) is 2. The SMILES string of the molecule is CCCN(CC(=O)Nc1ccccc1C)CC(=O)Nc1sc2c(c1C#N)CCCCC2. The summed E-state index contributed by atoms with van der Waals surface area (Å²) in [6, 6.07) is 9.93. The Bertz CT molecular complexity index is 976. The monoisotopic (exact) mass is 438 g/mol. The summed E-state index contributed by atoms with van der Waals surface area (Å²) in [6.45, 7) is 4.86. The van der Waals surface area contributed by atoms with Crippen LogP contribution in [0.25, 0.3) is 0 Å². The van der Waals surface area contributed by atoms with E-state index in [9.17, 15) is 14.9 Å². The molecular weight excluding hydrogens is 408 g/mol. The molecule has 164 valence electrons. The van der Waals surface area contributed by atoms with Crippen LogP contribution in [-0.2, 0) is 22.4 Å². The van der Waals surface area contributed by atoms with Crippen LogP contribution in [0.1, 0.15) is 54.2 Å². The first-order valence-corrected chi connectivity index (χ1v) is 11.8. The van der Waals surface area contributed by atoms with Gasteiger partial charge >= 0.3 is 0 Å². The zero-order chi connectivity index (χ0) is 22.2. The van der Waals surface area contributed by atoms with Gasteiger partial charge in [0.25, 0.3) is 0 Å². The Morgan fingerprint density at radius 1 is 1.10 bits per heavy atom. The van der Waals surface area contributed by atoms with Crippen molar-refractivity contribution in [1.29, 1.82) is 5.26 Å². The first-order valence-electron chi connectivity index (χ1n) is 10.9. The molecule has 2 amide bonds. The van der Waals surface area contributed by atoms with Crippen LogP contribution in [0, 0.1) is 18.3 Å². The number of rotatable bonds is 8. The normalized spacial score (nSPS) is 13.2. The number of amides is 2. The van der Waals surface area contributed by atoms with Gasteiger partial charge in [-0.05, 0) is 62.8 Å². The van der Waals surface area contributed by atoms with Crippen molar-refractivity contribution in [2.24, 2.45) is 0 Å². The maximum atomic E-state index is 12.8. The molecule has 1 aliphatic carbocycles. The van der Waals surface area contributed by atoms with Crippen molar-refractivity contribution < 1.29 is 9.59 Å². The number of carbonyl (C=O) groups is 2. The quantitative estimate of drug-likeness (QED) is 0.595. The van der Waals surface area contributed by atoms with Crippen molar-refractivity contribution in [3.05, 3.63) is 45.8 Å². The fraction of sp³-hybridized carbons (Fsp3) is 0.458. The Labute approximate surface area is 188 Å². The molecule has 0 fully saturated rings. The Morgan fingerprint density at radius 3 is 2.52 bits per heavy atom. The standard InChI is InChI=1S/C24H30N4O2S/c1-3-13-28(15-22(29)26-20-11-8-7-9-17(20)2)16-23(30)27-24-19(14-25)18-10-5-4-6-12-21(18)31-24/h7-9,11H,3-6,10,12-13,15-16H2,1-2H3,(H,26,29)(H,27,30). The third-order valence-electron chi connectivity index (χ3n) is 5.48. The smallest absolute Gasteiger partial charge is 0.239 e. The minimum absolute atomic E-state index is 0.114. The maximum absolute atomic E-state index is 12.8. The molecule has 2 aromatic rings. The maximum Gasteiger partial charge on any atom is 0.239 e. The van der Waals surface area contributed by atoms with Crippen molar-refractivity contribution in [3.8, 4) is 6.07 Å². The number of benzene rings is 1. The lowest BCUT2D eigenvalue weighted by atomic mass is 10.1. The summed E-state index contributed by atoms with van der Waals surface area (Å²) >= 11 is 1.53. The van der Waals surface area contributed by atoms with Crippen molar-refractivity contribution >= 4 is 33.8 Å². The molecule has 0 saturated carbocycles. The van der Waals surface area contributed by atoms with E-state index in [1.54, 1.807) is 0 Å². The van der Waals surface area contributed by atoms with E-state index in [1.165, 1.54) is 22.6 Å². The number of aryl methyl sites for hydroxylation is 2. The molecule has 6 nitrogen and oxygen atoms in total. The van der Waals surface area contributed by atoms with E-state index in [4.69, 9.17) is 0 Å². The number of nitriles is 1. The number of hydrogen-bond acceptors (Lipinski definition) is 5. The second-order valence-corrected chi connectivity index (χ2v) is 9.11. The molecule has 0 bridgehead atoms. The van der Waals surface area contributed by atoms with Gasteiger partial charge in [0.05, 0.1) is 18.7 Å². The van der Waals surface area contributed by atoms with Crippen molar-refractivity contribution in [1.82, 2.24) is 4.90 Å². The molecule has 1 heterocycles. The fourth-order valence-electron chi connectivity index (χ4n) is 3.95. The average Bonchev–Trinajstić information content (AvgIpc) is 2.89. The van der Waals surface area contributed by atoms with E-state index in [-0.39, 0.29) is 24.9 Å². The minimum Gasteiger partial charge on any atom is -0.325 e. The third kappa shape index (κ3) is 6.16. The van der Waals surface area contributed by atoms with Crippen LogP contribution in [0.4, 0.5) is 10.7 Å². The highest BCUT2D eigenvalue weighted by molar-refractivity contribution is 7.16. The fourth-order valence-corrected chi connectivity index (χ4v) is 5.21. The lowest BCUT2D eigenvalue weighted by Gasteiger charge is -2.20. The lowest BCUT2D eigenvalue weighted by Crippen LogP contribution is -2.39. The Kier molecular flexibility index (Phi) is 8.21. The van der Waals surface area contributed by atoms with E-state index < -0.39 is 0 Å². The Balaban J connectivity index is 1.62. The summed E-state index contributed by atoms with van der Waals surface area (Å²) in [4.78, 5) is 28.4. The van der Waals surface area contributed by atoms with Crippen molar-refractivity contribution in [2.45, 2.75) is 52.4 Å². The molecular formula is C24H30N4O2S. The van der Waals surface area contributed by atoms with E-state index in [2.05, 4.69) is 16.7 Å². The van der Waals surface area contributed by atoms with Crippen LogP contribution in [0.2, 0.25) is 0 Å². The van der Waals surface area contributed by atoms with Gasteiger partial charge in [0, 0.05) is 10.6 Å². The molecule has 31 heavy (non-hydrogen) atoms. The second kappa shape index (κ2) is 11.1. The summed E-state index contributed by atoms with van der Waals surface area (Å²) in [6.07, 6.45) is 6.13. The predicted octanol–water partition coefficient (Wildman–Crippen LogP) is 4.49. The summed E-state index contributed by atoms with van der Waals surface area (Å²) in [7, 11) is 0. The highest BCUT2D eigenvalue weighted by Gasteiger charge is 2.22. The van der Waals surface area contributed by atoms with Gasteiger partial charge in [-0.1, -0.05) is 31.5 Å². The number of para-hydroxylation sites is 1. The van der Waals surface area contributed by atoms with Crippen LogP contribution in [-0.4, -0.2) is 36.3 Å². The number of fused-ring (bicyclic) bond motifs is 1. The second-order valence-electron chi connectivity index (χ2n) is 8.00. The number of carbonyl (C=O) groups excluding carboxylic acids is 2. The highest BCUT2D eigenvalue weighted by Crippen LogP contribution is 2.36. The van der Waals surface area contributed by atoms with Crippen LogP contribution in [0.15, 0.2) is 24.3 Å². The molecule has 0 radical (unpaired) electrons. The summed E-state index contributed by atoms with van der Waals surface area (Å²) in [5, 5.41) is 16.2. The molecule has 0 spiro atoms.